The summed E-state index contributed by atoms with van der Waals surface area (Å²) in [4.78, 5) is 54.7. The maximum Gasteiger partial charge on any atom is 0.352 e. The van der Waals surface area contributed by atoms with E-state index in [2.05, 4.69) is 0 Å². The van der Waals surface area contributed by atoms with Crippen LogP contribution < -0.4 is 11.4 Å². The third-order valence-electron chi connectivity index (χ3n) is 8.65. The Balaban J connectivity index is 1.61. The van der Waals surface area contributed by atoms with Crippen molar-refractivity contribution in [3.63, 3.8) is 0 Å². The number of aromatic hydroxyl groups is 1. The summed E-state index contributed by atoms with van der Waals surface area (Å²) in [5.41, 5.74) is 0.843. The molecule has 1 aromatic heterocycles. The molecule has 3 aliphatic rings. The summed E-state index contributed by atoms with van der Waals surface area (Å²) in [5, 5.41) is 10.3. The average Bonchev–Trinajstić information content (AvgIpc) is 3.15. The van der Waals surface area contributed by atoms with Gasteiger partial charge in [-0.3, -0.25) is 9.59 Å². The summed E-state index contributed by atoms with van der Waals surface area (Å²) in [6.45, 7) is 5.36. The van der Waals surface area contributed by atoms with Crippen LogP contribution in [0.4, 0.5) is 0 Å². The molecule has 1 saturated carbocycles. The van der Waals surface area contributed by atoms with Crippen molar-refractivity contribution in [1.82, 2.24) is 13.9 Å². The van der Waals surface area contributed by atoms with Gasteiger partial charge in [0, 0.05) is 11.8 Å². The number of carbonyl (C=O) groups is 2. The van der Waals surface area contributed by atoms with E-state index >= 15 is 0 Å². The third kappa shape index (κ3) is 3.01. The molecule has 1 N–H and O–H groups in total. The van der Waals surface area contributed by atoms with Crippen LogP contribution in [0, 0.1) is 11.3 Å². The number of phenols is 1. The van der Waals surface area contributed by atoms with E-state index in [-0.39, 0.29) is 30.3 Å². The molecule has 2 heterocycles. The molecular weight excluding hydrogens is 470 g/mol. The average molecular weight is 498 g/mol. The van der Waals surface area contributed by atoms with E-state index in [1.165, 1.54) is 9.36 Å². The summed E-state index contributed by atoms with van der Waals surface area (Å²) < 4.78 is 4.02. The Bertz CT molecular complexity index is 1670. The van der Waals surface area contributed by atoms with E-state index < -0.39 is 34.7 Å². The van der Waals surface area contributed by atoms with Crippen LogP contribution in [-0.2, 0) is 16.1 Å². The Morgan fingerprint density at radius 1 is 0.919 bits per heavy atom. The summed E-state index contributed by atoms with van der Waals surface area (Å²) in [6.07, 6.45) is 2.14. The molecule has 0 radical (unpaired) electrons. The number of hydrogen-bond donors (Lipinski definition) is 1. The number of para-hydroxylation sites is 1. The predicted octanol–water partition coefficient (Wildman–Crippen LogP) is 3.29. The van der Waals surface area contributed by atoms with Crippen LogP contribution >= 0.6 is 0 Å². The number of benzene rings is 2. The number of carbonyl (C=O) groups excluding carboxylic acids is 2. The first-order chi connectivity index (χ1) is 17.7. The normalized spacial score (nSPS) is 26.9. The maximum atomic E-state index is 13.9. The maximum absolute atomic E-state index is 13.9. The van der Waals surface area contributed by atoms with Crippen LogP contribution in [-0.4, -0.2) is 30.6 Å². The monoisotopic (exact) mass is 497 g/mol. The molecule has 0 saturated heterocycles. The van der Waals surface area contributed by atoms with Crippen molar-refractivity contribution in [2.75, 3.05) is 0 Å². The van der Waals surface area contributed by atoms with Crippen LogP contribution in [0.3, 0.4) is 0 Å². The second kappa shape index (κ2) is 7.90. The molecule has 8 heteroatoms. The van der Waals surface area contributed by atoms with E-state index in [0.29, 0.717) is 22.4 Å². The minimum Gasteiger partial charge on any atom is -0.508 e. The van der Waals surface area contributed by atoms with Gasteiger partial charge in [-0.15, -0.1) is 0 Å². The largest absolute Gasteiger partial charge is 0.508 e. The van der Waals surface area contributed by atoms with Gasteiger partial charge < -0.3 is 5.11 Å². The molecule has 1 aliphatic heterocycles. The number of phenolic OH excluding ortho intramolecular Hbond substituents is 1. The molecule has 188 valence electrons. The Morgan fingerprint density at radius 2 is 1.65 bits per heavy atom. The summed E-state index contributed by atoms with van der Waals surface area (Å²) >= 11 is 0. The lowest BCUT2D eigenvalue weighted by atomic mass is 9.50. The molecule has 8 nitrogen and oxygen atoms in total. The molecule has 0 bridgehead atoms. The lowest BCUT2D eigenvalue weighted by Gasteiger charge is -2.53. The highest BCUT2D eigenvalue weighted by molar-refractivity contribution is 6.15. The molecule has 1 fully saturated rings. The fraction of sp³-hybridized carbons (Fsp3) is 0.310. The quantitative estimate of drug-likeness (QED) is 0.548. The van der Waals surface area contributed by atoms with Gasteiger partial charge in [0.05, 0.1) is 23.7 Å². The van der Waals surface area contributed by atoms with E-state index in [1.54, 1.807) is 56.3 Å². The van der Waals surface area contributed by atoms with Crippen LogP contribution in [0.25, 0.3) is 5.69 Å². The van der Waals surface area contributed by atoms with Crippen LogP contribution in [0.2, 0.25) is 0 Å². The number of nitrogens with zero attached hydrogens (tertiary/aromatic N) is 3. The first-order valence-electron chi connectivity index (χ1n) is 12.4. The van der Waals surface area contributed by atoms with Gasteiger partial charge in [-0.1, -0.05) is 43.3 Å². The fourth-order valence-corrected chi connectivity index (χ4v) is 6.72. The molecular formula is C29H27N3O5. The molecule has 2 aliphatic carbocycles. The van der Waals surface area contributed by atoms with Crippen molar-refractivity contribution < 1.29 is 14.7 Å². The number of ketones is 2. The highest BCUT2D eigenvalue weighted by Gasteiger charge is 2.60. The van der Waals surface area contributed by atoms with Gasteiger partial charge in [0.2, 0.25) is 0 Å². The molecule has 0 amide bonds. The van der Waals surface area contributed by atoms with Crippen molar-refractivity contribution in [3.8, 4) is 11.4 Å². The van der Waals surface area contributed by atoms with Gasteiger partial charge in [-0.05, 0) is 66.8 Å². The third-order valence-corrected chi connectivity index (χ3v) is 8.65. The molecule has 0 unspecified atom stereocenters. The van der Waals surface area contributed by atoms with Gasteiger partial charge in [-0.2, -0.15) is 0 Å². The standard InChI is InChI=1S/C29H27N3O5/c1-16-17(2)26(35)29(3)22(25(16)34)15-23-21(24(29)18-8-7-11-20(33)14-18)12-13-30-27(36)31(28(37)32(23)30)19-9-5-4-6-10-19/h4-12,14,22-24,33H,13,15H2,1-3H3/t22-,23+,24-,29+/m0/s1. The number of aromatic nitrogens is 3. The lowest BCUT2D eigenvalue weighted by Crippen LogP contribution is -2.55. The lowest BCUT2D eigenvalue weighted by molar-refractivity contribution is -0.140. The first kappa shape index (κ1) is 23.2. The molecule has 37 heavy (non-hydrogen) atoms. The topological polar surface area (TPSA) is 103 Å². The van der Waals surface area contributed by atoms with E-state index in [4.69, 9.17) is 0 Å². The van der Waals surface area contributed by atoms with Gasteiger partial charge in [0.1, 0.15) is 5.75 Å². The zero-order valence-electron chi connectivity index (χ0n) is 20.8. The fourth-order valence-electron chi connectivity index (χ4n) is 6.72. The second-order valence-electron chi connectivity index (χ2n) is 10.4. The van der Waals surface area contributed by atoms with Gasteiger partial charge >= 0.3 is 11.4 Å². The zero-order chi connectivity index (χ0) is 26.2. The summed E-state index contributed by atoms with van der Waals surface area (Å²) in [5.74, 6) is -1.40. The van der Waals surface area contributed by atoms with Crippen molar-refractivity contribution >= 4 is 11.6 Å². The van der Waals surface area contributed by atoms with Gasteiger partial charge in [0.25, 0.3) is 0 Å². The number of allylic oxidation sites excluding steroid dienone is 4. The number of hydrogen-bond acceptors (Lipinski definition) is 5. The Morgan fingerprint density at radius 3 is 2.35 bits per heavy atom. The molecule has 2 aromatic carbocycles. The smallest absolute Gasteiger partial charge is 0.352 e. The number of fused-ring (bicyclic) bond motifs is 4. The van der Waals surface area contributed by atoms with Gasteiger partial charge in [0.15, 0.2) is 11.6 Å². The second-order valence-corrected chi connectivity index (χ2v) is 10.4. The Kier molecular flexibility index (Phi) is 4.96. The van der Waals surface area contributed by atoms with Gasteiger partial charge in [-0.25, -0.2) is 23.5 Å². The minimum absolute atomic E-state index is 0.0542. The Hall–Kier alpha value is -4.20. The van der Waals surface area contributed by atoms with Crippen LogP contribution in [0.1, 0.15) is 44.7 Å². The summed E-state index contributed by atoms with van der Waals surface area (Å²) in [7, 11) is 0. The minimum atomic E-state index is -1.09. The molecule has 3 aromatic rings. The van der Waals surface area contributed by atoms with Crippen LogP contribution in [0.15, 0.2) is 87.0 Å². The van der Waals surface area contributed by atoms with E-state index in [9.17, 15) is 24.3 Å². The van der Waals surface area contributed by atoms with Crippen molar-refractivity contribution in [3.05, 3.63) is 104 Å². The SMILES string of the molecule is CC1=C(C)C(=O)[C@@]2(C)[C@@H](c3cccc(O)c3)C3=CCn4c(=O)n(-c5ccccc5)c(=O)n4[C@@H]3C[C@H]2C1=O. The molecule has 4 atom stereocenters. The zero-order valence-corrected chi connectivity index (χ0v) is 20.8. The molecule has 0 spiro atoms. The number of rotatable bonds is 2. The van der Waals surface area contributed by atoms with Crippen molar-refractivity contribution in [1.29, 1.82) is 0 Å². The highest BCUT2D eigenvalue weighted by Crippen LogP contribution is 2.60. The van der Waals surface area contributed by atoms with E-state index in [0.717, 1.165) is 10.1 Å². The Labute approximate surface area is 212 Å². The van der Waals surface area contributed by atoms with Crippen LogP contribution in [0.5, 0.6) is 5.75 Å². The van der Waals surface area contributed by atoms with E-state index in [1.807, 2.05) is 25.1 Å². The molecule has 6 rings (SSSR count). The highest BCUT2D eigenvalue weighted by atomic mass is 16.3. The predicted molar refractivity (Wildman–Crippen MR) is 137 cm³/mol. The number of Topliss-reactive ketones (excluding diaryl/α,β-unsaturated/α-hetero) is 2. The van der Waals surface area contributed by atoms with Crippen molar-refractivity contribution in [2.24, 2.45) is 11.3 Å². The van der Waals surface area contributed by atoms with Crippen molar-refractivity contribution in [2.45, 2.75) is 45.7 Å². The summed E-state index contributed by atoms with van der Waals surface area (Å²) in [6, 6.07) is 14.9. The first-order valence-corrected chi connectivity index (χ1v) is 12.4.